The lowest BCUT2D eigenvalue weighted by atomic mass is 10.0. The number of aliphatic imine (C=N–C) groups is 1. The Morgan fingerprint density at radius 1 is 1.26 bits per heavy atom. The van der Waals surface area contributed by atoms with Gasteiger partial charge >= 0.3 is 5.97 Å². The van der Waals surface area contributed by atoms with Crippen LogP contribution in [0.5, 0.6) is 0 Å². The predicted octanol–water partition coefficient (Wildman–Crippen LogP) is 2.95. The van der Waals surface area contributed by atoms with Crippen molar-refractivity contribution in [3.05, 3.63) is 83.2 Å². The van der Waals surface area contributed by atoms with Gasteiger partial charge < -0.3 is 5.11 Å². The van der Waals surface area contributed by atoms with Crippen molar-refractivity contribution in [2.75, 3.05) is 0 Å². The first-order valence-electron chi connectivity index (χ1n) is 7.36. The smallest absolute Gasteiger partial charge is 0.335 e. The van der Waals surface area contributed by atoms with Crippen molar-refractivity contribution in [3.8, 4) is 0 Å². The monoisotopic (exact) mass is 307 g/mol. The summed E-state index contributed by atoms with van der Waals surface area (Å²) in [6, 6.07) is 6.81. The highest BCUT2D eigenvalue weighted by Crippen LogP contribution is 2.40. The van der Waals surface area contributed by atoms with Gasteiger partial charge in [-0.2, -0.15) is 4.84 Å². The van der Waals surface area contributed by atoms with Gasteiger partial charge in [0.25, 0.3) is 0 Å². The molecule has 2 unspecified atom stereocenters. The molecule has 0 spiro atoms. The summed E-state index contributed by atoms with van der Waals surface area (Å²) in [5.74, 6) is -0.927. The number of hydrogen-bond donors (Lipinski definition) is 1. The van der Waals surface area contributed by atoms with Crippen molar-refractivity contribution >= 4 is 12.3 Å². The first-order chi connectivity index (χ1) is 11.2. The van der Waals surface area contributed by atoms with Crippen LogP contribution in [0.25, 0.3) is 0 Å². The maximum atomic E-state index is 10.9. The molecule has 2 aliphatic heterocycles. The molecule has 0 radical (unpaired) electrons. The molecule has 23 heavy (non-hydrogen) atoms. The van der Waals surface area contributed by atoms with Gasteiger partial charge in [-0.05, 0) is 23.8 Å². The molecule has 114 valence electrons. The Balaban J connectivity index is 1.55. The quantitative estimate of drug-likeness (QED) is 0.870. The minimum Gasteiger partial charge on any atom is -0.478 e. The Morgan fingerprint density at radius 3 is 2.87 bits per heavy atom. The number of benzene rings is 1. The Labute approximate surface area is 133 Å². The van der Waals surface area contributed by atoms with Crippen LogP contribution < -0.4 is 0 Å². The molecule has 1 N–H and O–H groups in total. The minimum atomic E-state index is -0.927. The Bertz CT molecular complexity index is 815. The second-order valence-electron chi connectivity index (χ2n) is 5.64. The van der Waals surface area contributed by atoms with E-state index in [9.17, 15) is 4.79 Å². The third kappa shape index (κ3) is 2.18. The molecule has 0 saturated carbocycles. The van der Waals surface area contributed by atoms with Crippen LogP contribution in [0.15, 0.2) is 77.1 Å². The summed E-state index contributed by atoms with van der Waals surface area (Å²) in [7, 11) is 0. The van der Waals surface area contributed by atoms with Crippen molar-refractivity contribution in [3.63, 3.8) is 0 Å². The van der Waals surface area contributed by atoms with E-state index >= 15 is 0 Å². The Kier molecular flexibility index (Phi) is 3.11. The lowest BCUT2D eigenvalue weighted by Gasteiger charge is -2.31. The molecule has 0 amide bonds. The fourth-order valence-electron chi connectivity index (χ4n) is 3.05. The van der Waals surface area contributed by atoms with E-state index in [0.717, 1.165) is 11.3 Å². The van der Waals surface area contributed by atoms with E-state index in [1.54, 1.807) is 30.6 Å². The SMILES string of the molecule is O=C(O)c1ccc(CO[N+]23C=NC=C2C=C2C=CC=CC23)cc1. The van der Waals surface area contributed by atoms with Crippen molar-refractivity contribution in [1.82, 2.24) is 0 Å². The van der Waals surface area contributed by atoms with Crippen LogP contribution >= 0.6 is 0 Å². The number of rotatable bonds is 4. The summed E-state index contributed by atoms with van der Waals surface area (Å²) >= 11 is 0. The summed E-state index contributed by atoms with van der Waals surface area (Å²) in [4.78, 5) is 21.4. The molecule has 1 aromatic rings. The largest absolute Gasteiger partial charge is 0.478 e. The van der Waals surface area contributed by atoms with E-state index in [-0.39, 0.29) is 16.3 Å². The van der Waals surface area contributed by atoms with Crippen LogP contribution in [0.2, 0.25) is 0 Å². The summed E-state index contributed by atoms with van der Waals surface area (Å²) in [6.07, 6.45) is 14.0. The van der Waals surface area contributed by atoms with E-state index < -0.39 is 5.97 Å². The summed E-state index contributed by atoms with van der Waals surface area (Å²) in [5.41, 5.74) is 3.40. The molecule has 2 heterocycles. The average molecular weight is 307 g/mol. The van der Waals surface area contributed by atoms with Gasteiger partial charge in [-0.25, -0.2) is 9.79 Å². The first-order valence-corrected chi connectivity index (χ1v) is 7.36. The van der Waals surface area contributed by atoms with Gasteiger partial charge in [0.05, 0.1) is 11.8 Å². The number of hydrogen-bond acceptors (Lipinski definition) is 3. The summed E-state index contributed by atoms with van der Waals surface area (Å²) in [6.45, 7) is 0.373. The molecule has 0 fully saturated rings. The molecule has 5 nitrogen and oxygen atoms in total. The third-order valence-electron chi connectivity index (χ3n) is 4.26. The van der Waals surface area contributed by atoms with E-state index in [2.05, 4.69) is 23.2 Å². The molecule has 0 bridgehead atoms. The normalized spacial score (nSPS) is 26.7. The molecule has 1 aromatic carbocycles. The number of carboxylic acid groups (broad SMARTS) is 1. The molecule has 1 aliphatic carbocycles. The zero-order valence-electron chi connectivity index (χ0n) is 12.3. The number of fused-ring (bicyclic) bond motifs is 3. The number of allylic oxidation sites excluding steroid dienone is 3. The van der Waals surface area contributed by atoms with Gasteiger partial charge in [-0.3, -0.25) is 0 Å². The lowest BCUT2D eigenvalue weighted by molar-refractivity contribution is -1.01. The first kappa shape index (κ1) is 13.9. The van der Waals surface area contributed by atoms with Gasteiger partial charge in [-0.15, -0.1) is 0 Å². The van der Waals surface area contributed by atoms with E-state index in [0.29, 0.717) is 6.61 Å². The van der Waals surface area contributed by atoms with Crippen LogP contribution in [0.3, 0.4) is 0 Å². The molecule has 5 heteroatoms. The van der Waals surface area contributed by atoms with Gasteiger partial charge in [0.1, 0.15) is 6.61 Å². The number of hydroxylamine groups is 3. The predicted molar refractivity (Wildman–Crippen MR) is 85.2 cm³/mol. The number of aromatic carboxylic acids is 1. The molecule has 3 aliphatic rings. The summed E-state index contributed by atoms with van der Waals surface area (Å²) < 4.78 is 0.233. The fraction of sp³-hybridized carbons (Fsp3) is 0.111. The standard InChI is InChI=1S/C18H14N2O3/c21-18(22)14-7-5-13(6-8-14)11-23-20-12-19-10-16(20)9-15-3-1-2-4-17(15)20/h1-10,12,17H,11H2/p+1. The Hall–Kier alpha value is -2.76. The molecule has 0 aromatic heterocycles. The van der Waals surface area contributed by atoms with E-state index in [1.165, 1.54) is 5.57 Å². The van der Waals surface area contributed by atoms with Crippen molar-refractivity contribution < 1.29 is 19.4 Å². The second-order valence-corrected chi connectivity index (χ2v) is 5.64. The number of carboxylic acids is 1. The maximum absolute atomic E-state index is 10.9. The molecular formula is C18H15N2O3+. The lowest BCUT2D eigenvalue weighted by Crippen LogP contribution is -2.48. The van der Waals surface area contributed by atoms with Gasteiger partial charge in [0, 0.05) is 11.6 Å². The molecule has 0 saturated heterocycles. The topological polar surface area (TPSA) is 58.9 Å². The molecule has 4 rings (SSSR count). The van der Waals surface area contributed by atoms with E-state index in [4.69, 9.17) is 9.94 Å². The van der Waals surface area contributed by atoms with Crippen LogP contribution in [0.1, 0.15) is 15.9 Å². The minimum absolute atomic E-state index is 0.0794. The van der Waals surface area contributed by atoms with Gasteiger partial charge in [0.2, 0.25) is 6.34 Å². The van der Waals surface area contributed by atoms with Crippen LogP contribution in [-0.2, 0) is 11.4 Å². The zero-order valence-corrected chi connectivity index (χ0v) is 12.3. The zero-order chi connectivity index (χ0) is 15.9. The van der Waals surface area contributed by atoms with E-state index in [1.807, 2.05) is 18.4 Å². The van der Waals surface area contributed by atoms with Gasteiger partial charge in [0.15, 0.2) is 11.7 Å². The highest BCUT2D eigenvalue weighted by atomic mass is 16.7. The molecular weight excluding hydrogens is 292 g/mol. The highest BCUT2D eigenvalue weighted by molar-refractivity contribution is 5.87. The second kappa shape index (κ2) is 5.15. The van der Waals surface area contributed by atoms with Crippen molar-refractivity contribution in [2.24, 2.45) is 4.99 Å². The third-order valence-corrected chi connectivity index (χ3v) is 4.26. The highest BCUT2D eigenvalue weighted by Gasteiger charge is 2.50. The van der Waals surface area contributed by atoms with Crippen molar-refractivity contribution in [1.29, 1.82) is 0 Å². The van der Waals surface area contributed by atoms with Crippen LogP contribution in [0, 0.1) is 0 Å². The Morgan fingerprint density at radius 2 is 2.09 bits per heavy atom. The maximum Gasteiger partial charge on any atom is 0.335 e. The number of nitrogens with zero attached hydrogens (tertiary/aromatic N) is 2. The van der Waals surface area contributed by atoms with Gasteiger partial charge in [-0.1, -0.05) is 35.0 Å². The summed E-state index contributed by atoms with van der Waals surface area (Å²) in [5, 5.41) is 8.95. The fourth-order valence-corrected chi connectivity index (χ4v) is 3.05. The van der Waals surface area contributed by atoms with Crippen LogP contribution in [0.4, 0.5) is 0 Å². The van der Waals surface area contributed by atoms with Crippen molar-refractivity contribution in [2.45, 2.75) is 12.6 Å². The number of quaternary nitrogens is 1. The average Bonchev–Trinajstić information content (AvgIpc) is 3.09. The van der Waals surface area contributed by atoms with Crippen LogP contribution in [-0.4, -0.2) is 28.1 Å². The number of carbonyl (C=O) groups is 1. The molecule has 2 atom stereocenters.